The predicted molar refractivity (Wildman–Crippen MR) is 136 cm³/mol. The largest absolute Gasteiger partial charge is 0.396 e. The first kappa shape index (κ1) is 26.1. The van der Waals surface area contributed by atoms with E-state index in [2.05, 4.69) is 34.0 Å². The number of aromatic nitrogens is 3. The third-order valence-electron chi connectivity index (χ3n) is 5.84. The lowest BCUT2D eigenvalue weighted by molar-refractivity contribution is 0.297. The second-order valence-corrected chi connectivity index (χ2v) is 8.66. The summed E-state index contributed by atoms with van der Waals surface area (Å²) in [5.41, 5.74) is 2.28. The van der Waals surface area contributed by atoms with E-state index in [1.807, 2.05) is 36.7 Å². The van der Waals surface area contributed by atoms with Crippen molar-refractivity contribution in [2.24, 2.45) is 0 Å². The summed E-state index contributed by atoms with van der Waals surface area (Å²) in [6.07, 6.45) is 22.2. The molecular weight excluding hydrogens is 394 g/mol. The van der Waals surface area contributed by atoms with E-state index < -0.39 is 0 Å². The third-order valence-corrected chi connectivity index (χ3v) is 5.84. The molecule has 176 valence electrons. The average molecular weight is 438 g/mol. The highest BCUT2D eigenvalue weighted by Gasteiger charge is 2.00. The first-order valence-corrected chi connectivity index (χ1v) is 12.8. The quantitative estimate of drug-likeness (QED) is 0.243. The van der Waals surface area contributed by atoms with Crippen LogP contribution in [0.25, 0.3) is 10.9 Å². The van der Waals surface area contributed by atoms with Crippen molar-refractivity contribution < 1.29 is 5.11 Å². The molecule has 0 saturated carbocycles. The van der Waals surface area contributed by atoms with Crippen LogP contribution < -0.4 is 0 Å². The van der Waals surface area contributed by atoms with E-state index >= 15 is 0 Å². The van der Waals surface area contributed by atoms with Crippen LogP contribution in [0, 0.1) is 0 Å². The topological polar surface area (TPSA) is 61.8 Å². The van der Waals surface area contributed by atoms with Crippen LogP contribution in [-0.4, -0.2) is 26.7 Å². The standard InChI is InChI=1S/C19H36N2O.C9H7N/c1-2-3-4-5-6-7-8-9-10-11-12-13-14-18-17-20-19(21-18)15-16-22;1-2-6-9-8(4-1)5-3-7-10-9/h17,22H,2-16H2,1H3,(H,20,21);1-7H. The average Bonchev–Trinajstić information content (AvgIpc) is 3.28. The molecule has 0 unspecified atom stereocenters. The lowest BCUT2D eigenvalue weighted by atomic mass is 10.0. The molecule has 4 nitrogen and oxygen atoms in total. The molecule has 3 rings (SSSR count). The van der Waals surface area contributed by atoms with E-state index in [9.17, 15) is 0 Å². The van der Waals surface area contributed by atoms with Gasteiger partial charge in [-0.2, -0.15) is 0 Å². The fourth-order valence-electron chi connectivity index (χ4n) is 3.94. The van der Waals surface area contributed by atoms with Gasteiger partial charge in [0.1, 0.15) is 5.82 Å². The number of rotatable bonds is 15. The van der Waals surface area contributed by atoms with Crippen LogP contribution in [-0.2, 0) is 12.8 Å². The number of aromatic amines is 1. The van der Waals surface area contributed by atoms with Gasteiger partial charge in [0.2, 0.25) is 0 Å². The number of H-pyrrole nitrogens is 1. The van der Waals surface area contributed by atoms with Crippen molar-refractivity contribution >= 4 is 10.9 Å². The maximum Gasteiger partial charge on any atom is 0.108 e. The number of hydrogen-bond acceptors (Lipinski definition) is 3. The molecule has 0 fully saturated rings. The molecule has 0 aliphatic rings. The molecule has 0 aliphatic carbocycles. The van der Waals surface area contributed by atoms with E-state index in [-0.39, 0.29) is 6.61 Å². The number of nitrogens with one attached hydrogen (secondary N) is 1. The third kappa shape index (κ3) is 11.4. The predicted octanol–water partition coefficient (Wildman–Crippen LogP) is 7.42. The van der Waals surface area contributed by atoms with Crippen molar-refractivity contribution in [1.82, 2.24) is 15.0 Å². The monoisotopic (exact) mass is 437 g/mol. The Kier molecular flexibility index (Phi) is 14.1. The highest BCUT2D eigenvalue weighted by atomic mass is 16.3. The molecule has 0 amide bonds. The summed E-state index contributed by atoms with van der Waals surface area (Å²) in [7, 11) is 0. The Balaban J connectivity index is 0.000000297. The van der Waals surface area contributed by atoms with Crippen LogP contribution >= 0.6 is 0 Å². The van der Waals surface area contributed by atoms with Gasteiger partial charge in [0.05, 0.1) is 12.1 Å². The summed E-state index contributed by atoms with van der Waals surface area (Å²) < 4.78 is 0. The number of nitrogens with zero attached hydrogens (tertiary/aromatic N) is 2. The number of pyridine rings is 1. The van der Waals surface area contributed by atoms with Gasteiger partial charge in [0.15, 0.2) is 0 Å². The van der Waals surface area contributed by atoms with Crippen molar-refractivity contribution in [3.05, 3.63) is 60.3 Å². The summed E-state index contributed by atoms with van der Waals surface area (Å²) in [5.74, 6) is 0.913. The van der Waals surface area contributed by atoms with Crippen LogP contribution in [0.3, 0.4) is 0 Å². The number of unbranched alkanes of at least 4 members (excludes halogenated alkanes) is 11. The Hall–Kier alpha value is -2.20. The number of benzene rings is 1. The number of fused-ring (bicyclic) bond motifs is 1. The van der Waals surface area contributed by atoms with Gasteiger partial charge < -0.3 is 10.1 Å². The summed E-state index contributed by atoms with van der Waals surface area (Å²) in [5, 5.41) is 10.1. The van der Waals surface area contributed by atoms with Gasteiger partial charge >= 0.3 is 0 Å². The van der Waals surface area contributed by atoms with Gasteiger partial charge in [-0.15, -0.1) is 0 Å². The zero-order valence-corrected chi connectivity index (χ0v) is 20.1. The highest BCUT2D eigenvalue weighted by molar-refractivity contribution is 5.77. The van der Waals surface area contributed by atoms with Crippen molar-refractivity contribution in [2.45, 2.75) is 96.8 Å². The molecule has 2 heterocycles. The minimum atomic E-state index is 0.172. The SMILES string of the molecule is CCCCCCCCCCCCCCc1cnc(CCO)[nH]1.c1ccc2ncccc2c1. The molecule has 2 N–H and O–H groups in total. The number of imidazole rings is 1. The van der Waals surface area contributed by atoms with Gasteiger partial charge in [0, 0.05) is 29.9 Å². The van der Waals surface area contributed by atoms with Gasteiger partial charge in [-0.1, -0.05) is 102 Å². The van der Waals surface area contributed by atoms with Crippen LogP contribution in [0.1, 0.15) is 95.5 Å². The van der Waals surface area contributed by atoms with Crippen molar-refractivity contribution in [3.63, 3.8) is 0 Å². The van der Waals surface area contributed by atoms with E-state index in [1.54, 1.807) is 0 Å². The molecule has 0 aliphatic heterocycles. The number of aryl methyl sites for hydroxylation is 1. The zero-order valence-electron chi connectivity index (χ0n) is 20.1. The molecular formula is C28H43N3O. The summed E-state index contributed by atoms with van der Waals surface area (Å²) in [6.45, 7) is 2.45. The Bertz CT molecular complexity index is 765. The Morgan fingerprint density at radius 3 is 2.00 bits per heavy atom. The van der Waals surface area contributed by atoms with Gasteiger partial charge in [0.25, 0.3) is 0 Å². The molecule has 32 heavy (non-hydrogen) atoms. The summed E-state index contributed by atoms with van der Waals surface area (Å²) in [6, 6.07) is 12.1. The Morgan fingerprint density at radius 2 is 1.34 bits per heavy atom. The Morgan fingerprint density at radius 1 is 0.719 bits per heavy atom. The van der Waals surface area contributed by atoms with Crippen molar-refractivity contribution in [3.8, 4) is 0 Å². The van der Waals surface area contributed by atoms with E-state index in [0.29, 0.717) is 6.42 Å². The number of hydrogen-bond donors (Lipinski definition) is 2. The summed E-state index contributed by atoms with van der Waals surface area (Å²) >= 11 is 0. The van der Waals surface area contributed by atoms with Gasteiger partial charge in [-0.3, -0.25) is 4.98 Å². The summed E-state index contributed by atoms with van der Waals surface area (Å²) in [4.78, 5) is 11.7. The molecule has 0 saturated heterocycles. The van der Waals surface area contributed by atoms with Crippen molar-refractivity contribution in [2.75, 3.05) is 6.61 Å². The van der Waals surface area contributed by atoms with Crippen LogP contribution in [0.5, 0.6) is 0 Å². The van der Waals surface area contributed by atoms with Crippen LogP contribution in [0.4, 0.5) is 0 Å². The fraction of sp³-hybridized carbons (Fsp3) is 0.571. The van der Waals surface area contributed by atoms with Gasteiger partial charge in [-0.25, -0.2) is 4.98 Å². The van der Waals surface area contributed by atoms with Crippen LogP contribution in [0.2, 0.25) is 0 Å². The minimum absolute atomic E-state index is 0.172. The maximum absolute atomic E-state index is 8.86. The lowest BCUT2D eigenvalue weighted by Gasteiger charge is -2.02. The smallest absolute Gasteiger partial charge is 0.108 e. The molecule has 2 aromatic heterocycles. The number of aliphatic hydroxyl groups is 1. The normalized spacial score (nSPS) is 10.8. The Labute approximate surface area is 194 Å². The molecule has 0 bridgehead atoms. The molecule has 0 atom stereocenters. The first-order valence-electron chi connectivity index (χ1n) is 12.8. The minimum Gasteiger partial charge on any atom is -0.396 e. The molecule has 1 aromatic carbocycles. The van der Waals surface area contributed by atoms with E-state index in [1.165, 1.54) is 88.1 Å². The molecule has 0 radical (unpaired) electrons. The zero-order chi connectivity index (χ0) is 22.7. The first-order chi connectivity index (χ1) is 15.8. The van der Waals surface area contributed by atoms with Gasteiger partial charge in [-0.05, 0) is 25.0 Å². The second kappa shape index (κ2) is 17.4. The van der Waals surface area contributed by atoms with Crippen LogP contribution in [0.15, 0.2) is 48.8 Å². The molecule has 3 aromatic rings. The fourth-order valence-corrected chi connectivity index (χ4v) is 3.94. The highest BCUT2D eigenvalue weighted by Crippen LogP contribution is 2.13. The van der Waals surface area contributed by atoms with E-state index in [0.717, 1.165) is 17.8 Å². The molecule has 0 spiro atoms. The molecule has 4 heteroatoms. The van der Waals surface area contributed by atoms with Crippen molar-refractivity contribution in [1.29, 1.82) is 0 Å². The number of aliphatic hydroxyl groups excluding tert-OH is 1. The number of para-hydroxylation sites is 1. The second-order valence-electron chi connectivity index (χ2n) is 8.66. The maximum atomic E-state index is 8.86. The van der Waals surface area contributed by atoms with E-state index in [4.69, 9.17) is 5.11 Å². The lowest BCUT2D eigenvalue weighted by Crippen LogP contribution is -1.93.